The minimum absolute atomic E-state index is 0.0266. The number of benzene rings is 1. The second kappa shape index (κ2) is 4.58. The molecule has 0 amide bonds. The van der Waals surface area contributed by atoms with Crippen LogP contribution in [0.4, 0.5) is 0 Å². The monoisotopic (exact) mass is 211 g/mol. The summed E-state index contributed by atoms with van der Waals surface area (Å²) in [7, 11) is 0. The molecule has 0 radical (unpaired) electrons. The molecule has 0 spiro atoms. The molecule has 2 N–H and O–H groups in total. The number of Topliss-reactive ketones (excluding diaryl/α,β-unsaturated/α-hetero) is 1. The third-order valence-corrected chi connectivity index (χ3v) is 2.68. The van der Waals surface area contributed by atoms with Gasteiger partial charge in [-0.3, -0.25) is 4.79 Å². The predicted molar refractivity (Wildman–Crippen MR) is 58.9 cm³/mol. The van der Waals surface area contributed by atoms with Gasteiger partial charge in [-0.25, -0.2) is 0 Å². The highest BCUT2D eigenvalue weighted by molar-refractivity contribution is 6.34. The van der Waals surface area contributed by atoms with Crippen LogP contribution in [0.2, 0.25) is 5.02 Å². The molecule has 1 rings (SSSR count). The summed E-state index contributed by atoms with van der Waals surface area (Å²) in [6.07, 6.45) is 0.351. The largest absolute Gasteiger partial charge is 0.330 e. The van der Waals surface area contributed by atoms with Gasteiger partial charge in [0.2, 0.25) is 0 Å². The van der Waals surface area contributed by atoms with E-state index in [0.717, 1.165) is 11.1 Å². The highest BCUT2D eigenvalue weighted by atomic mass is 35.5. The van der Waals surface area contributed by atoms with Gasteiger partial charge in [0.15, 0.2) is 5.78 Å². The summed E-state index contributed by atoms with van der Waals surface area (Å²) in [4.78, 5) is 11.7. The molecular weight excluding hydrogens is 198 g/mol. The van der Waals surface area contributed by atoms with Crippen LogP contribution in [0.5, 0.6) is 0 Å². The maximum atomic E-state index is 11.7. The first-order valence-electron chi connectivity index (χ1n) is 4.57. The van der Waals surface area contributed by atoms with Gasteiger partial charge in [-0.05, 0) is 31.5 Å². The third kappa shape index (κ3) is 2.14. The van der Waals surface area contributed by atoms with Crippen LogP contribution < -0.4 is 5.73 Å². The Balaban J connectivity index is 3.18. The molecule has 0 heterocycles. The van der Waals surface area contributed by atoms with E-state index >= 15 is 0 Å². The number of carbonyl (C=O) groups is 1. The van der Waals surface area contributed by atoms with Crippen molar-refractivity contribution in [3.63, 3.8) is 0 Å². The van der Waals surface area contributed by atoms with E-state index in [1.54, 1.807) is 0 Å². The van der Waals surface area contributed by atoms with E-state index in [-0.39, 0.29) is 5.78 Å². The second-order valence-electron chi connectivity index (χ2n) is 3.35. The van der Waals surface area contributed by atoms with Crippen molar-refractivity contribution in [2.45, 2.75) is 20.3 Å². The summed E-state index contributed by atoms with van der Waals surface area (Å²) in [6, 6.07) is 3.82. The van der Waals surface area contributed by atoms with Gasteiger partial charge in [-0.15, -0.1) is 0 Å². The SMILES string of the molecule is Cc1ccc(C)c(C(=O)CCN)c1Cl. The van der Waals surface area contributed by atoms with E-state index in [0.29, 0.717) is 23.6 Å². The molecule has 0 aromatic heterocycles. The smallest absolute Gasteiger partial charge is 0.165 e. The first-order chi connectivity index (χ1) is 6.57. The normalized spacial score (nSPS) is 10.3. The zero-order valence-electron chi connectivity index (χ0n) is 8.43. The van der Waals surface area contributed by atoms with E-state index in [4.69, 9.17) is 17.3 Å². The zero-order chi connectivity index (χ0) is 10.7. The Bertz CT molecular complexity index is 361. The highest BCUT2D eigenvalue weighted by Crippen LogP contribution is 2.24. The first kappa shape index (κ1) is 11.2. The van der Waals surface area contributed by atoms with Crippen molar-refractivity contribution in [3.8, 4) is 0 Å². The van der Waals surface area contributed by atoms with E-state index in [9.17, 15) is 4.79 Å². The Labute approximate surface area is 89.1 Å². The Morgan fingerprint density at radius 3 is 2.50 bits per heavy atom. The van der Waals surface area contributed by atoms with Crippen molar-refractivity contribution < 1.29 is 4.79 Å². The minimum Gasteiger partial charge on any atom is -0.330 e. The van der Waals surface area contributed by atoms with Gasteiger partial charge >= 0.3 is 0 Å². The van der Waals surface area contributed by atoms with Gasteiger partial charge in [0.05, 0.1) is 5.02 Å². The lowest BCUT2D eigenvalue weighted by Gasteiger charge is -2.08. The molecule has 0 bridgehead atoms. The van der Waals surface area contributed by atoms with Crippen molar-refractivity contribution in [2.24, 2.45) is 5.73 Å². The summed E-state index contributed by atoms with van der Waals surface area (Å²) < 4.78 is 0. The van der Waals surface area contributed by atoms with Crippen LogP contribution >= 0.6 is 11.6 Å². The van der Waals surface area contributed by atoms with E-state index < -0.39 is 0 Å². The van der Waals surface area contributed by atoms with Crippen LogP contribution in [0.1, 0.15) is 27.9 Å². The van der Waals surface area contributed by atoms with Crippen LogP contribution in [0.3, 0.4) is 0 Å². The zero-order valence-corrected chi connectivity index (χ0v) is 9.19. The molecule has 3 heteroatoms. The van der Waals surface area contributed by atoms with Gasteiger partial charge in [-0.1, -0.05) is 23.7 Å². The summed E-state index contributed by atoms with van der Waals surface area (Å²) in [6.45, 7) is 4.14. The van der Waals surface area contributed by atoms with Crippen molar-refractivity contribution in [3.05, 3.63) is 33.8 Å². The highest BCUT2D eigenvalue weighted by Gasteiger charge is 2.13. The number of ketones is 1. The third-order valence-electron chi connectivity index (χ3n) is 2.19. The number of aryl methyl sites for hydroxylation is 2. The summed E-state index contributed by atoms with van der Waals surface area (Å²) in [5.41, 5.74) is 7.81. The van der Waals surface area contributed by atoms with Gasteiger partial charge in [0.1, 0.15) is 0 Å². The van der Waals surface area contributed by atoms with Crippen molar-refractivity contribution in [2.75, 3.05) is 6.54 Å². The first-order valence-corrected chi connectivity index (χ1v) is 4.94. The van der Waals surface area contributed by atoms with Crippen LogP contribution in [0, 0.1) is 13.8 Å². The Kier molecular flexibility index (Phi) is 3.67. The van der Waals surface area contributed by atoms with Crippen LogP contribution in [-0.4, -0.2) is 12.3 Å². The Morgan fingerprint density at radius 2 is 1.93 bits per heavy atom. The van der Waals surface area contributed by atoms with E-state index in [1.807, 2.05) is 26.0 Å². The minimum atomic E-state index is 0.0266. The van der Waals surface area contributed by atoms with Crippen LogP contribution in [0.15, 0.2) is 12.1 Å². The molecule has 0 aliphatic rings. The van der Waals surface area contributed by atoms with Gasteiger partial charge < -0.3 is 5.73 Å². The molecule has 14 heavy (non-hydrogen) atoms. The summed E-state index contributed by atoms with van der Waals surface area (Å²) >= 11 is 6.07. The van der Waals surface area contributed by atoms with Crippen molar-refractivity contribution >= 4 is 17.4 Å². The molecule has 0 aliphatic carbocycles. The molecule has 1 aromatic rings. The number of hydrogen-bond donors (Lipinski definition) is 1. The predicted octanol–water partition coefficient (Wildman–Crippen LogP) is 2.49. The Morgan fingerprint density at radius 1 is 1.36 bits per heavy atom. The van der Waals surface area contributed by atoms with Crippen LogP contribution in [-0.2, 0) is 0 Å². The molecule has 0 saturated carbocycles. The summed E-state index contributed by atoms with van der Waals surface area (Å²) in [5, 5.41) is 0.559. The van der Waals surface area contributed by atoms with Crippen LogP contribution in [0.25, 0.3) is 0 Å². The topological polar surface area (TPSA) is 43.1 Å². The number of carbonyl (C=O) groups excluding carboxylic acids is 1. The standard InChI is InChI=1S/C11H14ClNO/c1-7-3-4-8(2)11(12)10(7)9(14)5-6-13/h3-4H,5-6,13H2,1-2H3. The molecule has 1 aromatic carbocycles. The maximum absolute atomic E-state index is 11.7. The number of nitrogens with two attached hydrogens (primary N) is 1. The maximum Gasteiger partial charge on any atom is 0.165 e. The lowest BCUT2D eigenvalue weighted by molar-refractivity contribution is 0.0985. The summed E-state index contributed by atoms with van der Waals surface area (Å²) in [5.74, 6) is 0.0266. The van der Waals surface area contributed by atoms with Gasteiger partial charge in [-0.2, -0.15) is 0 Å². The quantitative estimate of drug-likeness (QED) is 0.781. The lowest BCUT2D eigenvalue weighted by atomic mass is 10.00. The average Bonchev–Trinajstić information content (AvgIpc) is 2.13. The molecule has 0 unspecified atom stereocenters. The number of hydrogen-bond acceptors (Lipinski definition) is 2. The van der Waals surface area contributed by atoms with E-state index in [1.165, 1.54) is 0 Å². The number of rotatable bonds is 3. The molecule has 0 aliphatic heterocycles. The fourth-order valence-corrected chi connectivity index (χ4v) is 1.69. The van der Waals surface area contributed by atoms with Gasteiger partial charge in [0.25, 0.3) is 0 Å². The average molecular weight is 212 g/mol. The molecular formula is C11H14ClNO. The molecule has 0 fully saturated rings. The van der Waals surface area contributed by atoms with Crippen molar-refractivity contribution in [1.29, 1.82) is 0 Å². The molecule has 0 atom stereocenters. The molecule has 76 valence electrons. The fraction of sp³-hybridized carbons (Fsp3) is 0.364. The molecule has 0 saturated heterocycles. The van der Waals surface area contributed by atoms with E-state index in [2.05, 4.69) is 0 Å². The van der Waals surface area contributed by atoms with Gasteiger partial charge in [0, 0.05) is 12.0 Å². The number of halogens is 1. The fourth-order valence-electron chi connectivity index (χ4n) is 1.38. The molecule has 2 nitrogen and oxygen atoms in total. The second-order valence-corrected chi connectivity index (χ2v) is 3.73. The van der Waals surface area contributed by atoms with Crippen molar-refractivity contribution in [1.82, 2.24) is 0 Å². The Hall–Kier alpha value is -0.860. The lowest BCUT2D eigenvalue weighted by Crippen LogP contribution is -2.10.